The first-order valence-electron chi connectivity index (χ1n) is 27.3. The van der Waals surface area contributed by atoms with Gasteiger partial charge in [0.15, 0.2) is 0 Å². The van der Waals surface area contributed by atoms with Crippen LogP contribution in [0.15, 0.2) is 231 Å². The Bertz CT molecular complexity index is 4900. The first-order chi connectivity index (χ1) is 38.4. The predicted octanol–water partition coefficient (Wildman–Crippen LogP) is 18.9. The van der Waals surface area contributed by atoms with Crippen molar-refractivity contribution in [3.05, 3.63) is 242 Å². The fraction of sp³-hybridized carbons (Fsp3) is 0.111. The van der Waals surface area contributed by atoms with E-state index in [4.69, 9.17) is 14.7 Å². The van der Waals surface area contributed by atoms with E-state index in [1.54, 1.807) is 0 Å². The van der Waals surface area contributed by atoms with E-state index in [1.165, 1.54) is 60.3 Å². The fourth-order valence-electron chi connectivity index (χ4n) is 12.4. The number of pyridine rings is 2. The highest BCUT2D eigenvalue weighted by atomic mass is 16.5. The quantitative estimate of drug-likeness (QED) is 0.160. The minimum Gasteiger partial charge on any atom is -0.457 e. The number of benzene rings is 9. The van der Waals surface area contributed by atoms with Gasteiger partial charge in [0.2, 0.25) is 0 Å². The van der Waals surface area contributed by atoms with Crippen LogP contribution in [-0.2, 0) is 10.8 Å². The molecule has 7 nitrogen and oxygen atoms in total. The average Bonchev–Trinajstić information content (AvgIpc) is 4.13. The van der Waals surface area contributed by atoms with Gasteiger partial charge in [-0.1, -0.05) is 139 Å². The van der Waals surface area contributed by atoms with Crippen molar-refractivity contribution in [2.24, 2.45) is 0 Å². The normalized spacial score (nSPS) is 12.4. The Kier molecular flexibility index (Phi) is 10.3. The molecule has 0 fully saturated rings. The van der Waals surface area contributed by atoms with Crippen LogP contribution < -0.4 is 4.74 Å². The Labute approximate surface area is 457 Å². The Balaban J connectivity index is 0.902. The molecule has 0 saturated heterocycles. The van der Waals surface area contributed by atoms with Gasteiger partial charge in [0.1, 0.15) is 23.1 Å². The van der Waals surface area contributed by atoms with E-state index in [-0.39, 0.29) is 10.8 Å². The molecule has 0 N–H and O–H groups in total. The van der Waals surface area contributed by atoms with Crippen LogP contribution in [0.5, 0.6) is 11.5 Å². The first kappa shape index (κ1) is 46.6. The van der Waals surface area contributed by atoms with Crippen molar-refractivity contribution in [2.45, 2.75) is 52.4 Å². The molecule has 15 rings (SSSR count). The molecule has 0 spiro atoms. The lowest BCUT2D eigenvalue weighted by atomic mass is 9.88. The highest BCUT2D eigenvalue weighted by Gasteiger charge is 2.24. The van der Waals surface area contributed by atoms with E-state index >= 15 is 0 Å². The van der Waals surface area contributed by atoms with Crippen molar-refractivity contribution in [1.82, 2.24) is 28.2 Å². The number of rotatable bonds is 7. The maximum atomic E-state index is 7.05. The lowest BCUT2D eigenvalue weighted by Crippen LogP contribution is -2.12. The molecule has 7 heteroatoms. The zero-order valence-electron chi connectivity index (χ0n) is 45.0. The van der Waals surface area contributed by atoms with Crippen LogP contribution in [0.2, 0.25) is 0 Å². The maximum absolute atomic E-state index is 7.05. The summed E-state index contributed by atoms with van der Waals surface area (Å²) in [6, 6.07) is 79.0. The molecular weight excluding hydrogens is 965 g/mol. The fourth-order valence-corrected chi connectivity index (χ4v) is 12.4. The number of fused-ring (bicyclic) bond motifs is 12. The lowest BCUT2D eigenvalue weighted by Gasteiger charge is -2.20. The van der Waals surface area contributed by atoms with Gasteiger partial charge in [0.05, 0.1) is 44.1 Å². The number of aromatic nitrogens is 6. The highest BCUT2D eigenvalue weighted by molar-refractivity contribution is 6.16. The maximum Gasteiger partial charge on any atom is 0.137 e. The van der Waals surface area contributed by atoms with Gasteiger partial charge in [-0.2, -0.15) is 0 Å². The summed E-state index contributed by atoms with van der Waals surface area (Å²) in [7, 11) is 0. The van der Waals surface area contributed by atoms with Crippen LogP contribution in [0.4, 0.5) is 0 Å². The molecule has 9 aromatic carbocycles. The van der Waals surface area contributed by atoms with E-state index in [2.05, 4.69) is 278 Å². The number of hydrogen-bond acceptors (Lipinski definition) is 3. The summed E-state index contributed by atoms with van der Waals surface area (Å²) in [6.07, 6.45) is 3.88. The van der Waals surface area contributed by atoms with Gasteiger partial charge < -0.3 is 13.9 Å². The van der Waals surface area contributed by atoms with Gasteiger partial charge in [0.25, 0.3) is 0 Å². The highest BCUT2D eigenvalue weighted by Crippen LogP contribution is 2.44. The van der Waals surface area contributed by atoms with Gasteiger partial charge in [-0.3, -0.25) is 9.13 Å². The largest absolute Gasteiger partial charge is 0.457 e. The van der Waals surface area contributed by atoms with Crippen molar-refractivity contribution in [1.29, 1.82) is 0 Å². The topological polar surface area (TPSA) is 54.7 Å². The molecule has 15 aromatic rings. The van der Waals surface area contributed by atoms with Crippen LogP contribution in [0.25, 0.3) is 121 Å². The summed E-state index contributed by atoms with van der Waals surface area (Å²) in [5, 5.41) is 9.43. The first-order valence-corrected chi connectivity index (χ1v) is 27.3. The van der Waals surface area contributed by atoms with Crippen LogP contribution in [-0.4, -0.2) is 28.2 Å². The van der Waals surface area contributed by atoms with Crippen LogP contribution in [0.1, 0.15) is 52.7 Å². The van der Waals surface area contributed by atoms with E-state index in [9.17, 15) is 0 Å². The van der Waals surface area contributed by atoms with E-state index < -0.39 is 0 Å². The molecule has 0 aliphatic heterocycles. The summed E-state index contributed by atoms with van der Waals surface area (Å²) in [5.41, 5.74) is 15.7. The average molecular weight is 1020 g/mol. The summed E-state index contributed by atoms with van der Waals surface area (Å²) in [6.45, 7) is 13.5. The van der Waals surface area contributed by atoms with Crippen molar-refractivity contribution in [3.63, 3.8) is 0 Å². The number of ether oxygens (including phenoxy) is 1. The smallest absolute Gasteiger partial charge is 0.137 e. The van der Waals surface area contributed by atoms with Gasteiger partial charge in [0, 0.05) is 84.6 Å². The molecule has 0 amide bonds. The standard InChI is InChI=1S/C72H56N6O/c1-71(2,3)46-35-37-73-68(40-46)77-64-33-27-45(52-22-16-23-58-55-21-12-15-26-63(55)76(70(52)58)48-17-8-7-9-18-48)39-59(64)56-31-29-50(43-66(56)77)79-51-30-32-57-60-42-49(75-61-24-13-10-19-53(61)54-20-11-14-25-62(54)75)28-34-65(60)78(67(57)44-51)69-41-47(36-38-74-69)72(4,5)6/h7-44H,1-6H3. The molecular formula is C72H56N6O. The summed E-state index contributed by atoms with van der Waals surface area (Å²) >= 11 is 0. The Morgan fingerprint density at radius 2 is 0.785 bits per heavy atom. The molecule has 0 bridgehead atoms. The number of nitrogens with zero attached hydrogens (tertiary/aromatic N) is 6. The molecule has 6 heterocycles. The third-order valence-electron chi connectivity index (χ3n) is 16.2. The monoisotopic (exact) mass is 1020 g/mol. The van der Waals surface area contributed by atoms with Gasteiger partial charge in [-0.15, -0.1) is 0 Å². The van der Waals surface area contributed by atoms with Gasteiger partial charge >= 0.3 is 0 Å². The van der Waals surface area contributed by atoms with Crippen molar-refractivity contribution in [3.8, 4) is 45.6 Å². The number of para-hydroxylation sites is 5. The summed E-state index contributed by atoms with van der Waals surface area (Å²) < 4.78 is 16.5. The zero-order valence-corrected chi connectivity index (χ0v) is 45.0. The van der Waals surface area contributed by atoms with E-state index in [0.717, 1.165) is 83.7 Å². The van der Waals surface area contributed by atoms with Crippen molar-refractivity contribution < 1.29 is 4.74 Å². The zero-order chi connectivity index (χ0) is 53.3. The lowest BCUT2D eigenvalue weighted by molar-refractivity contribution is 0.484. The third-order valence-corrected chi connectivity index (χ3v) is 16.2. The minimum atomic E-state index is -0.0783. The second-order valence-electron chi connectivity index (χ2n) is 23.1. The molecule has 0 saturated carbocycles. The predicted molar refractivity (Wildman–Crippen MR) is 329 cm³/mol. The Hall–Kier alpha value is -9.72. The second kappa shape index (κ2) is 17.4. The SMILES string of the molecule is CC(C)(C)c1ccnc(-n2c3ccc(-c4cccc5c6ccccc6n(-c6ccccc6)c45)cc3c3ccc(Oc4ccc5c6cc(-n7c8ccccc8c8ccccc87)ccc6n(-c6cc(C(C)(C)C)ccn6)c5c4)cc32)c1. The van der Waals surface area contributed by atoms with E-state index in [1.807, 2.05) is 12.4 Å². The van der Waals surface area contributed by atoms with Crippen LogP contribution >= 0.6 is 0 Å². The molecule has 0 radical (unpaired) electrons. The van der Waals surface area contributed by atoms with Crippen molar-refractivity contribution in [2.75, 3.05) is 0 Å². The van der Waals surface area contributed by atoms with Crippen LogP contribution in [0, 0.1) is 0 Å². The molecule has 79 heavy (non-hydrogen) atoms. The van der Waals surface area contributed by atoms with E-state index in [0.29, 0.717) is 0 Å². The molecule has 380 valence electrons. The summed E-state index contributed by atoms with van der Waals surface area (Å²) in [4.78, 5) is 10.1. The molecule has 6 aromatic heterocycles. The minimum absolute atomic E-state index is 0.0710. The molecule has 0 aliphatic rings. The second-order valence-corrected chi connectivity index (χ2v) is 23.1. The summed E-state index contributed by atoms with van der Waals surface area (Å²) in [5.74, 6) is 3.18. The van der Waals surface area contributed by atoms with Gasteiger partial charge in [-0.25, -0.2) is 9.97 Å². The van der Waals surface area contributed by atoms with Crippen LogP contribution in [0.3, 0.4) is 0 Å². The Morgan fingerprint density at radius 3 is 1.35 bits per heavy atom. The molecule has 0 aliphatic carbocycles. The van der Waals surface area contributed by atoms with Gasteiger partial charge in [-0.05, 0) is 137 Å². The molecule has 0 atom stereocenters. The Morgan fingerprint density at radius 1 is 0.316 bits per heavy atom. The third kappa shape index (κ3) is 7.40. The van der Waals surface area contributed by atoms with Crippen molar-refractivity contribution >= 4 is 87.2 Å². The number of hydrogen-bond donors (Lipinski definition) is 0. The molecule has 0 unspecified atom stereocenters.